The monoisotopic (exact) mass is 456 g/mol. The summed E-state index contributed by atoms with van der Waals surface area (Å²) in [7, 11) is 0. The van der Waals surface area contributed by atoms with Crippen LogP contribution in [0.5, 0.6) is 0 Å². The molecule has 3 rings (SSSR count). The first-order valence-electron chi connectivity index (χ1n) is 11.5. The molecule has 1 aromatic rings. The molecule has 0 aliphatic carbocycles. The number of hydrogen-bond acceptors (Lipinski definition) is 5. The van der Waals surface area contributed by atoms with E-state index in [4.69, 9.17) is 4.74 Å². The van der Waals surface area contributed by atoms with Crippen molar-refractivity contribution in [1.82, 2.24) is 20.4 Å². The highest BCUT2D eigenvalue weighted by atomic mass is 16.6. The Morgan fingerprint density at radius 1 is 1.21 bits per heavy atom. The quantitative estimate of drug-likeness (QED) is 0.641. The van der Waals surface area contributed by atoms with E-state index in [9.17, 15) is 14.4 Å². The first kappa shape index (κ1) is 24.8. The molecule has 2 heterocycles. The van der Waals surface area contributed by atoms with Gasteiger partial charge in [-0.15, -0.1) is 6.58 Å². The highest BCUT2D eigenvalue weighted by Crippen LogP contribution is 2.39. The summed E-state index contributed by atoms with van der Waals surface area (Å²) in [6.45, 7) is 13.2. The van der Waals surface area contributed by atoms with Gasteiger partial charge in [0, 0.05) is 50.6 Å². The fourth-order valence-corrected chi connectivity index (χ4v) is 4.90. The highest BCUT2D eigenvalue weighted by molar-refractivity contribution is 5.92. The molecule has 0 saturated carbocycles. The van der Waals surface area contributed by atoms with Crippen molar-refractivity contribution in [3.05, 3.63) is 48.6 Å². The summed E-state index contributed by atoms with van der Waals surface area (Å²) in [5, 5.41) is 6.04. The molecular formula is C25H36N4O4. The molecular weight excluding hydrogens is 420 g/mol. The summed E-state index contributed by atoms with van der Waals surface area (Å²) in [5.41, 5.74) is -0.613. The van der Waals surface area contributed by atoms with E-state index in [2.05, 4.69) is 22.1 Å². The van der Waals surface area contributed by atoms with Crippen molar-refractivity contribution in [2.75, 3.05) is 26.2 Å². The third-order valence-corrected chi connectivity index (χ3v) is 6.26. The summed E-state index contributed by atoms with van der Waals surface area (Å²) in [6.07, 6.45) is 1.94. The van der Waals surface area contributed by atoms with Gasteiger partial charge in [0.2, 0.25) is 11.8 Å². The number of allylic oxidation sites excluding steroid dienone is 1. The maximum Gasteiger partial charge on any atom is 0.410 e. The van der Waals surface area contributed by atoms with Crippen LogP contribution in [0.25, 0.3) is 0 Å². The van der Waals surface area contributed by atoms with E-state index in [1.54, 1.807) is 11.0 Å². The second-order valence-corrected chi connectivity index (χ2v) is 10.0. The molecule has 33 heavy (non-hydrogen) atoms. The van der Waals surface area contributed by atoms with E-state index in [0.717, 1.165) is 5.56 Å². The van der Waals surface area contributed by atoms with E-state index in [-0.39, 0.29) is 36.5 Å². The average molecular weight is 457 g/mol. The predicted molar refractivity (Wildman–Crippen MR) is 126 cm³/mol. The number of nitrogens with zero attached hydrogens (tertiary/aromatic N) is 2. The molecule has 3 amide bonds. The van der Waals surface area contributed by atoms with Gasteiger partial charge in [0.1, 0.15) is 12.1 Å². The molecule has 180 valence electrons. The molecule has 2 saturated heterocycles. The second kappa shape index (κ2) is 9.95. The van der Waals surface area contributed by atoms with Gasteiger partial charge in [-0.05, 0) is 32.8 Å². The molecule has 0 radical (unpaired) electrons. The van der Waals surface area contributed by atoms with Crippen LogP contribution < -0.4 is 10.6 Å². The first-order valence-corrected chi connectivity index (χ1v) is 11.5. The van der Waals surface area contributed by atoms with Gasteiger partial charge in [0.25, 0.3) is 0 Å². The molecule has 1 aromatic carbocycles. The molecule has 0 spiro atoms. The van der Waals surface area contributed by atoms with E-state index >= 15 is 0 Å². The van der Waals surface area contributed by atoms with E-state index in [0.29, 0.717) is 32.6 Å². The van der Waals surface area contributed by atoms with Crippen molar-refractivity contribution < 1.29 is 19.1 Å². The maximum atomic E-state index is 13.5. The Hall–Kier alpha value is -2.87. The fourth-order valence-electron chi connectivity index (χ4n) is 4.90. The Morgan fingerprint density at radius 3 is 2.52 bits per heavy atom. The molecule has 0 bridgehead atoms. The summed E-state index contributed by atoms with van der Waals surface area (Å²) >= 11 is 0. The van der Waals surface area contributed by atoms with Crippen LogP contribution in [0.1, 0.15) is 39.7 Å². The van der Waals surface area contributed by atoms with Crippen molar-refractivity contribution in [3.63, 3.8) is 0 Å². The Balaban J connectivity index is 1.79. The van der Waals surface area contributed by atoms with Crippen LogP contribution in [0.2, 0.25) is 0 Å². The maximum absolute atomic E-state index is 13.5. The summed E-state index contributed by atoms with van der Waals surface area (Å²) in [4.78, 5) is 42.4. The number of fused-ring (bicyclic) bond motifs is 1. The van der Waals surface area contributed by atoms with E-state index < -0.39 is 11.1 Å². The van der Waals surface area contributed by atoms with Crippen LogP contribution >= 0.6 is 0 Å². The lowest BCUT2D eigenvalue weighted by molar-refractivity contribution is -0.135. The van der Waals surface area contributed by atoms with Crippen LogP contribution in [0, 0.1) is 5.92 Å². The molecule has 2 aliphatic rings. The number of carbonyl (C=O) groups is 3. The van der Waals surface area contributed by atoms with Crippen LogP contribution in [-0.2, 0) is 20.9 Å². The largest absolute Gasteiger partial charge is 0.445 e. The van der Waals surface area contributed by atoms with Gasteiger partial charge in [0.15, 0.2) is 0 Å². The third kappa shape index (κ3) is 5.74. The number of hydrogen-bond donors (Lipinski definition) is 2. The summed E-state index contributed by atoms with van der Waals surface area (Å²) in [5.74, 6) is -0.692. The third-order valence-electron chi connectivity index (χ3n) is 6.26. The van der Waals surface area contributed by atoms with E-state index in [1.165, 1.54) is 6.92 Å². The Bertz CT molecular complexity index is 882. The molecule has 2 unspecified atom stereocenters. The Labute approximate surface area is 196 Å². The topological polar surface area (TPSA) is 91.0 Å². The molecule has 0 aromatic heterocycles. The zero-order valence-corrected chi connectivity index (χ0v) is 20.1. The number of piperazine rings is 1. The van der Waals surface area contributed by atoms with Crippen molar-refractivity contribution >= 4 is 17.9 Å². The van der Waals surface area contributed by atoms with Crippen LogP contribution in [0.15, 0.2) is 43.0 Å². The normalized spacial score (nSPS) is 25.2. The Morgan fingerprint density at radius 2 is 1.91 bits per heavy atom. The number of rotatable bonds is 6. The standard InChI is InChI=1S/C25H36N4O4/c1-6-10-20-21-15-28(23(32)33-16-19-11-8-7-9-12-19)13-14-29(21)17-25(20,26-18(2)30)22(31)27-24(3,4)5/h6-9,11-12,20-21H,1,10,13-17H2,2-5H3,(H,26,30)(H,27,31)/t20?,21-,25?/m1/s1. The molecule has 2 aliphatic heterocycles. The van der Waals surface area contributed by atoms with Gasteiger partial charge >= 0.3 is 6.09 Å². The fraction of sp³-hybridized carbons (Fsp3) is 0.560. The van der Waals surface area contributed by atoms with Gasteiger partial charge < -0.3 is 20.3 Å². The first-order chi connectivity index (χ1) is 15.6. The molecule has 8 nitrogen and oxygen atoms in total. The smallest absolute Gasteiger partial charge is 0.410 e. The molecule has 2 N–H and O–H groups in total. The van der Waals surface area contributed by atoms with Crippen molar-refractivity contribution in [3.8, 4) is 0 Å². The van der Waals surface area contributed by atoms with Crippen molar-refractivity contribution in [1.29, 1.82) is 0 Å². The summed E-state index contributed by atoms with van der Waals surface area (Å²) < 4.78 is 5.54. The lowest BCUT2D eigenvalue weighted by atomic mass is 9.79. The molecule has 3 atom stereocenters. The number of nitrogens with one attached hydrogen (secondary N) is 2. The molecule has 8 heteroatoms. The van der Waals surface area contributed by atoms with Crippen molar-refractivity contribution in [2.45, 2.75) is 57.8 Å². The highest BCUT2D eigenvalue weighted by Gasteiger charge is 2.58. The van der Waals surface area contributed by atoms with Gasteiger partial charge in [-0.2, -0.15) is 0 Å². The lowest BCUT2D eigenvalue weighted by Gasteiger charge is -2.39. The predicted octanol–water partition coefficient (Wildman–Crippen LogP) is 2.30. The number of ether oxygens (including phenoxy) is 1. The second-order valence-electron chi connectivity index (χ2n) is 10.0. The molecule has 2 fully saturated rings. The number of benzene rings is 1. The van der Waals surface area contributed by atoms with Crippen LogP contribution in [0.3, 0.4) is 0 Å². The minimum Gasteiger partial charge on any atom is -0.445 e. The zero-order valence-electron chi connectivity index (χ0n) is 20.1. The summed E-state index contributed by atoms with van der Waals surface area (Å²) in [6, 6.07) is 9.46. The average Bonchev–Trinajstić information content (AvgIpc) is 3.05. The van der Waals surface area contributed by atoms with Crippen molar-refractivity contribution in [2.24, 2.45) is 5.92 Å². The van der Waals surface area contributed by atoms with Gasteiger partial charge in [-0.3, -0.25) is 14.5 Å². The number of carbonyl (C=O) groups excluding carboxylic acids is 3. The number of amides is 3. The minimum absolute atomic E-state index is 0.0985. The van der Waals surface area contributed by atoms with Gasteiger partial charge in [-0.1, -0.05) is 36.4 Å². The Kier molecular flexibility index (Phi) is 7.47. The minimum atomic E-state index is -1.10. The van der Waals surface area contributed by atoms with Crippen LogP contribution in [-0.4, -0.2) is 71.0 Å². The van der Waals surface area contributed by atoms with Gasteiger partial charge in [0.05, 0.1) is 0 Å². The lowest BCUT2D eigenvalue weighted by Crippen LogP contribution is -2.66. The SMILES string of the molecule is C=CCC1[C@H]2CN(C(=O)OCc3ccccc3)CCN2CC1(NC(C)=O)C(=O)NC(C)(C)C. The van der Waals surface area contributed by atoms with Gasteiger partial charge in [-0.25, -0.2) is 4.79 Å². The van der Waals surface area contributed by atoms with E-state index in [1.807, 2.05) is 51.1 Å². The van der Waals surface area contributed by atoms with Crippen LogP contribution in [0.4, 0.5) is 4.79 Å². The zero-order chi connectivity index (χ0) is 24.2.